The zero-order valence-corrected chi connectivity index (χ0v) is 17.2. The average molecular weight is 413 g/mol. The Kier molecular flexibility index (Phi) is 5.85. The van der Waals surface area contributed by atoms with Crippen LogP contribution in [0.3, 0.4) is 0 Å². The number of ketones is 1. The Bertz CT molecular complexity index is 1110. The molecule has 3 aromatic rings. The molecule has 0 saturated carbocycles. The summed E-state index contributed by atoms with van der Waals surface area (Å²) in [6, 6.07) is 25.2. The molecule has 156 valence electrons. The van der Waals surface area contributed by atoms with Gasteiger partial charge in [-0.15, -0.1) is 0 Å². The van der Waals surface area contributed by atoms with E-state index in [2.05, 4.69) is 0 Å². The summed E-state index contributed by atoms with van der Waals surface area (Å²) in [6.45, 7) is 0.358. The second-order valence-corrected chi connectivity index (χ2v) is 7.37. The molecule has 3 aromatic carbocycles. The summed E-state index contributed by atoms with van der Waals surface area (Å²) < 4.78 is 5.24. The van der Waals surface area contributed by atoms with Gasteiger partial charge in [0.15, 0.2) is 0 Å². The van der Waals surface area contributed by atoms with Gasteiger partial charge in [0.2, 0.25) is 0 Å². The third-order valence-corrected chi connectivity index (χ3v) is 5.50. The monoisotopic (exact) mass is 413 g/mol. The Hall–Kier alpha value is -3.86. The lowest BCUT2D eigenvalue weighted by molar-refractivity contribution is -0.139. The van der Waals surface area contributed by atoms with Gasteiger partial charge in [0.25, 0.3) is 11.7 Å². The zero-order chi connectivity index (χ0) is 21.8. The first-order valence-electron chi connectivity index (χ1n) is 10.1. The third kappa shape index (κ3) is 4.08. The Balaban J connectivity index is 1.77. The van der Waals surface area contributed by atoms with Crippen LogP contribution in [0.1, 0.15) is 22.7 Å². The van der Waals surface area contributed by atoms with Crippen molar-refractivity contribution in [1.29, 1.82) is 0 Å². The number of Topliss-reactive ketones (excluding diaryl/α,β-unsaturated/α-hetero) is 1. The van der Waals surface area contributed by atoms with E-state index in [0.29, 0.717) is 24.3 Å². The van der Waals surface area contributed by atoms with Crippen LogP contribution in [0, 0.1) is 0 Å². The number of aliphatic hydroxyl groups is 1. The summed E-state index contributed by atoms with van der Waals surface area (Å²) in [5, 5.41) is 11.0. The summed E-state index contributed by atoms with van der Waals surface area (Å²) in [5.74, 6) is -0.764. The Morgan fingerprint density at radius 3 is 2.13 bits per heavy atom. The van der Waals surface area contributed by atoms with Crippen LogP contribution in [0.4, 0.5) is 0 Å². The average Bonchev–Trinajstić information content (AvgIpc) is 3.08. The molecule has 1 atom stereocenters. The quantitative estimate of drug-likeness (QED) is 0.370. The predicted molar refractivity (Wildman–Crippen MR) is 119 cm³/mol. The van der Waals surface area contributed by atoms with Gasteiger partial charge in [-0.25, -0.2) is 0 Å². The highest BCUT2D eigenvalue weighted by Gasteiger charge is 2.45. The van der Waals surface area contributed by atoms with E-state index in [9.17, 15) is 14.7 Å². The van der Waals surface area contributed by atoms with Crippen LogP contribution in [0.2, 0.25) is 0 Å². The smallest absolute Gasteiger partial charge is 0.295 e. The maximum absolute atomic E-state index is 13.0. The van der Waals surface area contributed by atoms with Crippen molar-refractivity contribution < 1.29 is 19.4 Å². The van der Waals surface area contributed by atoms with Crippen LogP contribution < -0.4 is 4.74 Å². The highest BCUT2D eigenvalue weighted by atomic mass is 16.5. The highest BCUT2D eigenvalue weighted by Crippen LogP contribution is 2.39. The fourth-order valence-corrected chi connectivity index (χ4v) is 3.89. The second kappa shape index (κ2) is 8.88. The molecular weight excluding hydrogens is 390 g/mol. The maximum Gasteiger partial charge on any atom is 0.295 e. The fourth-order valence-electron chi connectivity index (χ4n) is 3.89. The van der Waals surface area contributed by atoms with E-state index in [0.717, 1.165) is 11.1 Å². The molecule has 1 N–H and O–H groups in total. The number of ether oxygens (including phenoxy) is 1. The van der Waals surface area contributed by atoms with E-state index in [4.69, 9.17) is 4.74 Å². The molecule has 0 spiro atoms. The molecule has 4 rings (SSSR count). The first-order chi connectivity index (χ1) is 15.1. The number of amides is 1. The number of aliphatic hydroxyl groups excluding tert-OH is 1. The predicted octanol–water partition coefficient (Wildman–Crippen LogP) is 4.36. The summed E-state index contributed by atoms with van der Waals surface area (Å²) in [7, 11) is 1.58. The molecule has 0 aromatic heterocycles. The van der Waals surface area contributed by atoms with Crippen LogP contribution in [-0.2, 0) is 16.0 Å². The molecule has 0 bridgehead atoms. The number of benzene rings is 3. The Morgan fingerprint density at radius 2 is 1.52 bits per heavy atom. The number of carbonyl (C=O) groups is 2. The summed E-state index contributed by atoms with van der Waals surface area (Å²) in [4.78, 5) is 27.5. The number of hydrogen-bond acceptors (Lipinski definition) is 4. The molecule has 1 heterocycles. The standard InChI is InChI=1S/C26H23NO4/c1-31-21-14-12-19(13-15-21)23-22(24(28)20-10-6-3-7-11-20)25(29)26(30)27(23)17-16-18-8-4-2-5-9-18/h2-15,23,28H,16-17H2,1H3. The summed E-state index contributed by atoms with van der Waals surface area (Å²) in [6.07, 6.45) is 0.603. The first-order valence-corrected chi connectivity index (χ1v) is 10.1. The molecule has 1 aliphatic heterocycles. The lowest BCUT2D eigenvalue weighted by Gasteiger charge is -2.25. The van der Waals surface area contributed by atoms with Crippen molar-refractivity contribution in [2.45, 2.75) is 12.5 Å². The molecule has 1 aliphatic rings. The van der Waals surface area contributed by atoms with Gasteiger partial charge >= 0.3 is 0 Å². The normalized spacial score (nSPS) is 17.7. The minimum Gasteiger partial charge on any atom is -0.507 e. The Labute approximate surface area is 181 Å². The lowest BCUT2D eigenvalue weighted by Crippen LogP contribution is -2.31. The van der Waals surface area contributed by atoms with E-state index in [1.54, 1.807) is 48.4 Å². The van der Waals surface area contributed by atoms with E-state index >= 15 is 0 Å². The molecule has 0 aliphatic carbocycles. The third-order valence-electron chi connectivity index (χ3n) is 5.50. The van der Waals surface area contributed by atoms with E-state index in [1.807, 2.05) is 48.5 Å². The molecule has 31 heavy (non-hydrogen) atoms. The first kappa shape index (κ1) is 20.4. The number of nitrogens with zero attached hydrogens (tertiary/aromatic N) is 1. The molecule has 5 heteroatoms. The van der Waals surface area contributed by atoms with Gasteiger partial charge in [0.1, 0.15) is 11.5 Å². The van der Waals surface area contributed by atoms with Gasteiger partial charge in [0.05, 0.1) is 18.7 Å². The van der Waals surface area contributed by atoms with E-state index in [-0.39, 0.29) is 11.3 Å². The van der Waals surface area contributed by atoms with E-state index < -0.39 is 17.7 Å². The number of hydrogen-bond donors (Lipinski definition) is 1. The molecular formula is C26H23NO4. The largest absolute Gasteiger partial charge is 0.507 e. The molecule has 0 radical (unpaired) electrons. The highest BCUT2D eigenvalue weighted by molar-refractivity contribution is 6.46. The summed E-state index contributed by atoms with van der Waals surface area (Å²) in [5.41, 5.74) is 2.42. The molecule has 5 nitrogen and oxygen atoms in total. The fraction of sp³-hybridized carbons (Fsp3) is 0.154. The molecule has 1 fully saturated rings. The van der Waals surface area contributed by atoms with Crippen molar-refractivity contribution in [2.75, 3.05) is 13.7 Å². The van der Waals surface area contributed by atoms with Crippen molar-refractivity contribution >= 4 is 17.4 Å². The minimum absolute atomic E-state index is 0.106. The van der Waals surface area contributed by atoms with Crippen molar-refractivity contribution in [3.63, 3.8) is 0 Å². The molecule has 1 saturated heterocycles. The molecule has 1 unspecified atom stereocenters. The number of rotatable bonds is 6. The Morgan fingerprint density at radius 1 is 0.903 bits per heavy atom. The van der Waals surface area contributed by atoms with Crippen LogP contribution in [0.25, 0.3) is 5.76 Å². The number of carbonyl (C=O) groups excluding carboxylic acids is 2. The molecule has 1 amide bonds. The lowest BCUT2D eigenvalue weighted by atomic mass is 9.95. The zero-order valence-electron chi connectivity index (χ0n) is 17.2. The SMILES string of the molecule is COc1ccc(C2C(=C(O)c3ccccc3)C(=O)C(=O)N2CCc2ccccc2)cc1. The van der Waals surface area contributed by atoms with Gasteiger partial charge < -0.3 is 14.7 Å². The van der Waals surface area contributed by atoms with Gasteiger partial charge in [-0.3, -0.25) is 9.59 Å². The van der Waals surface area contributed by atoms with Crippen LogP contribution in [0.5, 0.6) is 5.75 Å². The van der Waals surface area contributed by atoms with Gasteiger partial charge in [-0.1, -0.05) is 72.8 Å². The van der Waals surface area contributed by atoms with Crippen molar-refractivity contribution in [2.24, 2.45) is 0 Å². The van der Waals surface area contributed by atoms with Crippen LogP contribution in [0.15, 0.2) is 90.5 Å². The topological polar surface area (TPSA) is 66.8 Å². The van der Waals surface area contributed by atoms with Crippen molar-refractivity contribution in [3.8, 4) is 5.75 Å². The van der Waals surface area contributed by atoms with Gasteiger partial charge in [-0.05, 0) is 29.7 Å². The van der Waals surface area contributed by atoms with Gasteiger partial charge in [0, 0.05) is 12.1 Å². The van der Waals surface area contributed by atoms with Crippen LogP contribution >= 0.6 is 0 Å². The summed E-state index contributed by atoms with van der Waals surface area (Å²) >= 11 is 0. The van der Waals surface area contributed by atoms with Crippen molar-refractivity contribution in [1.82, 2.24) is 4.90 Å². The second-order valence-electron chi connectivity index (χ2n) is 7.37. The number of likely N-dealkylation sites (tertiary alicyclic amines) is 1. The minimum atomic E-state index is -0.671. The van der Waals surface area contributed by atoms with E-state index in [1.165, 1.54) is 0 Å². The van der Waals surface area contributed by atoms with Crippen LogP contribution in [-0.4, -0.2) is 35.4 Å². The number of methoxy groups -OCH3 is 1. The van der Waals surface area contributed by atoms with Crippen molar-refractivity contribution in [3.05, 3.63) is 107 Å². The van der Waals surface area contributed by atoms with Gasteiger partial charge in [-0.2, -0.15) is 0 Å². The maximum atomic E-state index is 13.0.